The number of allylic oxidation sites excluding steroid dienone is 2. The maximum absolute atomic E-state index is 10.5. The van der Waals surface area contributed by atoms with Crippen LogP contribution in [0.15, 0.2) is 23.3 Å². The molecule has 0 bridgehead atoms. The van der Waals surface area contributed by atoms with E-state index >= 15 is 0 Å². The van der Waals surface area contributed by atoms with Gasteiger partial charge >= 0.3 is 0 Å². The van der Waals surface area contributed by atoms with Crippen LogP contribution in [-0.4, -0.2) is 23.3 Å². The van der Waals surface area contributed by atoms with Crippen LogP contribution in [0.5, 0.6) is 0 Å². The van der Waals surface area contributed by atoms with Crippen molar-refractivity contribution in [1.82, 2.24) is 0 Å². The van der Waals surface area contributed by atoms with E-state index < -0.39 is 5.60 Å². The Morgan fingerprint density at radius 1 is 1.58 bits per heavy atom. The van der Waals surface area contributed by atoms with E-state index in [0.717, 1.165) is 5.57 Å². The summed E-state index contributed by atoms with van der Waals surface area (Å²) < 4.78 is 0. The van der Waals surface area contributed by atoms with Gasteiger partial charge in [0.05, 0.1) is 0 Å². The third kappa shape index (κ3) is 1.36. The Labute approximate surface area is 70.4 Å². The average Bonchev–Trinajstić information content (AvgIpc) is 2.09. The first-order valence-corrected chi connectivity index (χ1v) is 3.65. The van der Waals surface area contributed by atoms with Gasteiger partial charge in [-0.1, -0.05) is 11.6 Å². The van der Waals surface area contributed by atoms with Gasteiger partial charge in [-0.15, -0.1) is 0 Å². The number of carbonyl (C=O) groups is 2. The van der Waals surface area contributed by atoms with Crippen LogP contribution in [0.1, 0.15) is 13.3 Å². The van der Waals surface area contributed by atoms with Crippen molar-refractivity contribution in [2.75, 3.05) is 0 Å². The standard InChI is InChI=1S/C9H10O3/c1-7-2-3-9(12,6-11)8(4-7)5-10/h2,4-6,12H,3H2,1H3. The molecular weight excluding hydrogens is 156 g/mol. The first-order valence-electron chi connectivity index (χ1n) is 3.65. The lowest BCUT2D eigenvalue weighted by Gasteiger charge is -2.23. The van der Waals surface area contributed by atoms with Crippen LogP contribution < -0.4 is 0 Å². The third-order valence-corrected chi connectivity index (χ3v) is 1.94. The lowest BCUT2D eigenvalue weighted by Crippen LogP contribution is -2.34. The topological polar surface area (TPSA) is 54.4 Å². The van der Waals surface area contributed by atoms with E-state index in [4.69, 9.17) is 0 Å². The number of rotatable bonds is 2. The van der Waals surface area contributed by atoms with Crippen molar-refractivity contribution in [2.45, 2.75) is 18.9 Å². The van der Waals surface area contributed by atoms with Crippen molar-refractivity contribution >= 4 is 12.6 Å². The van der Waals surface area contributed by atoms with E-state index in [1.165, 1.54) is 6.08 Å². The molecule has 0 aromatic heterocycles. The molecule has 1 aliphatic rings. The number of carbonyl (C=O) groups excluding carboxylic acids is 2. The first-order chi connectivity index (χ1) is 5.62. The summed E-state index contributed by atoms with van der Waals surface area (Å²) in [5, 5.41) is 9.55. The minimum absolute atomic E-state index is 0.137. The summed E-state index contributed by atoms with van der Waals surface area (Å²) in [6.45, 7) is 1.81. The van der Waals surface area contributed by atoms with Crippen LogP contribution in [0.4, 0.5) is 0 Å². The summed E-state index contributed by atoms with van der Waals surface area (Å²) in [4.78, 5) is 20.9. The van der Waals surface area contributed by atoms with Crippen molar-refractivity contribution in [3.8, 4) is 0 Å². The molecule has 0 fully saturated rings. The SMILES string of the molecule is CC1=CCC(O)(C=O)C(C=O)=C1. The van der Waals surface area contributed by atoms with Crippen molar-refractivity contribution in [3.63, 3.8) is 0 Å². The molecule has 3 heteroatoms. The zero-order valence-corrected chi connectivity index (χ0v) is 6.78. The Kier molecular flexibility index (Phi) is 2.24. The lowest BCUT2D eigenvalue weighted by atomic mass is 9.86. The van der Waals surface area contributed by atoms with Crippen molar-refractivity contribution in [3.05, 3.63) is 23.3 Å². The second-order valence-corrected chi connectivity index (χ2v) is 2.91. The zero-order chi connectivity index (χ0) is 9.19. The molecule has 0 radical (unpaired) electrons. The van der Waals surface area contributed by atoms with Crippen molar-refractivity contribution in [1.29, 1.82) is 0 Å². The Balaban J connectivity index is 3.06. The Morgan fingerprint density at radius 3 is 2.75 bits per heavy atom. The van der Waals surface area contributed by atoms with Gasteiger partial charge in [-0.2, -0.15) is 0 Å². The van der Waals surface area contributed by atoms with E-state index in [0.29, 0.717) is 12.6 Å². The molecule has 0 saturated heterocycles. The van der Waals surface area contributed by atoms with Crippen LogP contribution in [0.25, 0.3) is 0 Å². The Hall–Kier alpha value is -1.22. The maximum Gasteiger partial charge on any atom is 0.156 e. The molecule has 0 saturated carbocycles. The summed E-state index contributed by atoms with van der Waals surface area (Å²) in [7, 11) is 0. The molecule has 0 aliphatic heterocycles. The van der Waals surface area contributed by atoms with Gasteiger partial charge in [-0.3, -0.25) is 9.59 Å². The fraction of sp³-hybridized carbons (Fsp3) is 0.333. The predicted molar refractivity (Wildman–Crippen MR) is 43.5 cm³/mol. The molecule has 1 aliphatic carbocycles. The summed E-state index contributed by atoms with van der Waals surface area (Å²) in [6, 6.07) is 0. The smallest absolute Gasteiger partial charge is 0.156 e. The highest BCUT2D eigenvalue weighted by molar-refractivity contribution is 5.88. The van der Waals surface area contributed by atoms with Gasteiger partial charge in [0, 0.05) is 12.0 Å². The highest BCUT2D eigenvalue weighted by Crippen LogP contribution is 2.24. The fourth-order valence-corrected chi connectivity index (χ4v) is 1.12. The fourth-order valence-electron chi connectivity index (χ4n) is 1.12. The third-order valence-electron chi connectivity index (χ3n) is 1.94. The van der Waals surface area contributed by atoms with E-state index in [-0.39, 0.29) is 12.0 Å². The summed E-state index contributed by atoms with van der Waals surface area (Å²) in [5.74, 6) is 0. The van der Waals surface area contributed by atoms with Gasteiger partial charge in [-0.25, -0.2) is 0 Å². The minimum Gasteiger partial charge on any atom is -0.377 e. The molecule has 1 unspecified atom stereocenters. The molecule has 0 aromatic carbocycles. The number of aliphatic hydroxyl groups is 1. The van der Waals surface area contributed by atoms with Gasteiger partial charge in [-0.05, 0) is 13.0 Å². The van der Waals surface area contributed by atoms with E-state index in [2.05, 4.69) is 0 Å². The Morgan fingerprint density at radius 2 is 2.25 bits per heavy atom. The molecule has 0 spiro atoms. The summed E-state index contributed by atoms with van der Waals surface area (Å²) >= 11 is 0. The van der Waals surface area contributed by atoms with Gasteiger partial charge in [0.25, 0.3) is 0 Å². The lowest BCUT2D eigenvalue weighted by molar-refractivity contribution is -0.123. The van der Waals surface area contributed by atoms with Crippen LogP contribution in [0, 0.1) is 0 Å². The minimum atomic E-state index is -1.60. The highest BCUT2D eigenvalue weighted by atomic mass is 16.3. The van der Waals surface area contributed by atoms with Crippen LogP contribution >= 0.6 is 0 Å². The van der Waals surface area contributed by atoms with Gasteiger partial charge in [0.1, 0.15) is 6.29 Å². The average molecular weight is 166 g/mol. The zero-order valence-electron chi connectivity index (χ0n) is 6.78. The summed E-state index contributed by atoms with van der Waals surface area (Å²) in [5.41, 5.74) is -0.567. The molecular formula is C9H10O3. The molecule has 64 valence electrons. The Bertz CT molecular complexity index is 275. The molecule has 0 amide bonds. The van der Waals surface area contributed by atoms with Crippen LogP contribution in [-0.2, 0) is 9.59 Å². The second-order valence-electron chi connectivity index (χ2n) is 2.91. The van der Waals surface area contributed by atoms with Crippen molar-refractivity contribution < 1.29 is 14.7 Å². The van der Waals surface area contributed by atoms with Crippen molar-refractivity contribution in [2.24, 2.45) is 0 Å². The number of hydrogen-bond donors (Lipinski definition) is 1. The van der Waals surface area contributed by atoms with Gasteiger partial charge in [0.2, 0.25) is 0 Å². The molecule has 12 heavy (non-hydrogen) atoms. The van der Waals surface area contributed by atoms with Crippen LogP contribution in [0.3, 0.4) is 0 Å². The predicted octanol–water partition coefficient (Wildman–Crippen LogP) is 0.392. The quantitative estimate of drug-likeness (QED) is 0.604. The molecule has 1 rings (SSSR count). The number of aldehydes is 2. The van der Waals surface area contributed by atoms with E-state index in [9.17, 15) is 14.7 Å². The largest absolute Gasteiger partial charge is 0.377 e. The molecule has 3 nitrogen and oxygen atoms in total. The molecule has 1 atom stereocenters. The normalized spacial score (nSPS) is 28.8. The van der Waals surface area contributed by atoms with Gasteiger partial charge in [0.15, 0.2) is 11.9 Å². The van der Waals surface area contributed by atoms with E-state index in [1.54, 1.807) is 6.08 Å². The van der Waals surface area contributed by atoms with E-state index in [1.807, 2.05) is 6.92 Å². The molecule has 0 aromatic rings. The second kappa shape index (κ2) is 3.03. The maximum atomic E-state index is 10.5. The highest BCUT2D eigenvalue weighted by Gasteiger charge is 2.31. The number of hydrogen-bond acceptors (Lipinski definition) is 3. The monoisotopic (exact) mass is 166 g/mol. The summed E-state index contributed by atoms with van der Waals surface area (Å²) in [6.07, 6.45) is 4.35. The first kappa shape index (κ1) is 8.87. The molecule has 1 N–H and O–H groups in total. The molecule has 0 heterocycles. The van der Waals surface area contributed by atoms with Gasteiger partial charge < -0.3 is 5.11 Å². The van der Waals surface area contributed by atoms with Crippen LogP contribution in [0.2, 0.25) is 0 Å².